The molecular formula is C19H31ClN4O2. The average Bonchev–Trinajstić information content (AvgIpc) is 2.60. The summed E-state index contributed by atoms with van der Waals surface area (Å²) in [7, 11) is 0. The largest absolute Gasteiger partial charge is 0.355 e. The number of nitrogens with one attached hydrogen (secondary N) is 2. The van der Waals surface area contributed by atoms with Gasteiger partial charge in [0.05, 0.1) is 12.5 Å². The monoisotopic (exact) mass is 382 g/mol. The summed E-state index contributed by atoms with van der Waals surface area (Å²) >= 11 is 0. The highest BCUT2D eigenvalue weighted by Crippen LogP contribution is 2.24. The van der Waals surface area contributed by atoms with E-state index >= 15 is 0 Å². The maximum absolute atomic E-state index is 12.4. The number of nitrogens with zero attached hydrogens (tertiary/aromatic N) is 1. The number of benzene rings is 1. The van der Waals surface area contributed by atoms with Gasteiger partial charge in [0.25, 0.3) is 0 Å². The first kappa shape index (κ1) is 22.4. The van der Waals surface area contributed by atoms with Crippen molar-refractivity contribution in [3.63, 3.8) is 0 Å². The third-order valence-corrected chi connectivity index (χ3v) is 4.54. The Kier molecular flexibility index (Phi) is 9.62. The number of anilines is 1. The van der Waals surface area contributed by atoms with Crippen molar-refractivity contribution in [3.05, 3.63) is 29.8 Å². The van der Waals surface area contributed by atoms with Gasteiger partial charge in [0.15, 0.2) is 0 Å². The van der Waals surface area contributed by atoms with Gasteiger partial charge in [0.1, 0.15) is 0 Å². The van der Waals surface area contributed by atoms with Crippen molar-refractivity contribution >= 4 is 29.9 Å². The molecule has 7 heteroatoms. The topological polar surface area (TPSA) is 87.5 Å². The van der Waals surface area contributed by atoms with Gasteiger partial charge in [0, 0.05) is 25.3 Å². The van der Waals surface area contributed by atoms with E-state index in [1.165, 1.54) is 0 Å². The van der Waals surface area contributed by atoms with Crippen LogP contribution in [-0.2, 0) is 9.59 Å². The highest BCUT2D eigenvalue weighted by Gasteiger charge is 2.26. The summed E-state index contributed by atoms with van der Waals surface area (Å²) in [5, 5.41) is 5.86. The molecule has 0 aliphatic carbocycles. The lowest BCUT2D eigenvalue weighted by molar-refractivity contribution is -0.127. The molecule has 6 nitrogen and oxygen atoms in total. The van der Waals surface area contributed by atoms with E-state index in [1.54, 1.807) is 0 Å². The number of piperidine rings is 1. The summed E-state index contributed by atoms with van der Waals surface area (Å²) in [6, 6.07) is 7.89. The van der Waals surface area contributed by atoms with Gasteiger partial charge in [-0.05, 0) is 36.9 Å². The van der Waals surface area contributed by atoms with Crippen LogP contribution in [0.15, 0.2) is 24.3 Å². The van der Waals surface area contributed by atoms with Crippen LogP contribution in [0.3, 0.4) is 0 Å². The molecule has 2 amide bonds. The molecule has 0 radical (unpaired) electrons. The molecule has 1 aromatic rings. The van der Waals surface area contributed by atoms with Gasteiger partial charge < -0.3 is 16.4 Å². The van der Waals surface area contributed by atoms with Gasteiger partial charge in [-0.2, -0.15) is 0 Å². The van der Waals surface area contributed by atoms with Gasteiger partial charge in [-0.15, -0.1) is 12.4 Å². The zero-order valence-corrected chi connectivity index (χ0v) is 16.5. The maximum Gasteiger partial charge on any atom is 0.238 e. The van der Waals surface area contributed by atoms with E-state index < -0.39 is 0 Å². The first-order valence-corrected chi connectivity index (χ1v) is 9.10. The van der Waals surface area contributed by atoms with E-state index in [2.05, 4.69) is 29.4 Å². The third kappa shape index (κ3) is 6.59. The zero-order chi connectivity index (χ0) is 18.2. The normalized spacial score (nSPS) is 17.5. The van der Waals surface area contributed by atoms with Crippen molar-refractivity contribution in [3.8, 4) is 0 Å². The van der Waals surface area contributed by atoms with Crippen LogP contribution in [-0.4, -0.2) is 49.4 Å². The van der Waals surface area contributed by atoms with Crippen molar-refractivity contribution in [2.24, 2.45) is 11.7 Å². The van der Waals surface area contributed by atoms with Gasteiger partial charge in [-0.3, -0.25) is 14.5 Å². The quantitative estimate of drug-likeness (QED) is 0.672. The van der Waals surface area contributed by atoms with Crippen LogP contribution in [0, 0.1) is 5.92 Å². The molecule has 146 valence electrons. The van der Waals surface area contributed by atoms with Gasteiger partial charge in [-0.25, -0.2) is 0 Å². The summed E-state index contributed by atoms with van der Waals surface area (Å²) in [5.74, 6) is 0.301. The number of para-hydroxylation sites is 1. The average molecular weight is 383 g/mol. The molecule has 1 aliphatic heterocycles. The predicted molar refractivity (Wildman–Crippen MR) is 108 cm³/mol. The third-order valence-electron chi connectivity index (χ3n) is 4.54. The highest BCUT2D eigenvalue weighted by molar-refractivity contribution is 5.93. The number of rotatable bonds is 7. The van der Waals surface area contributed by atoms with E-state index in [0.717, 1.165) is 30.6 Å². The van der Waals surface area contributed by atoms with Crippen LogP contribution in [0.4, 0.5) is 5.69 Å². The van der Waals surface area contributed by atoms with Gasteiger partial charge in [0.2, 0.25) is 11.8 Å². The van der Waals surface area contributed by atoms with Crippen molar-refractivity contribution in [1.82, 2.24) is 10.2 Å². The molecule has 1 fully saturated rings. The van der Waals surface area contributed by atoms with Gasteiger partial charge >= 0.3 is 0 Å². The van der Waals surface area contributed by atoms with Crippen molar-refractivity contribution < 1.29 is 9.59 Å². The summed E-state index contributed by atoms with van der Waals surface area (Å²) in [4.78, 5) is 26.6. The van der Waals surface area contributed by atoms with Gasteiger partial charge in [-0.1, -0.05) is 32.0 Å². The van der Waals surface area contributed by atoms with Crippen molar-refractivity contribution in [2.45, 2.75) is 32.6 Å². The van der Waals surface area contributed by atoms with Crippen LogP contribution < -0.4 is 16.4 Å². The molecule has 1 atom stereocenters. The van der Waals surface area contributed by atoms with Crippen molar-refractivity contribution in [1.29, 1.82) is 0 Å². The van der Waals surface area contributed by atoms with E-state index in [4.69, 9.17) is 5.73 Å². The number of carbonyl (C=O) groups is 2. The fourth-order valence-corrected chi connectivity index (χ4v) is 3.26. The molecule has 4 N–H and O–H groups in total. The van der Waals surface area contributed by atoms with E-state index in [0.29, 0.717) is 32.1 Å². The van der Waals surface area contributed by atoms with Crippen molar-refractivity contribution in [2.75, 3.05) is 38.0 Å². The Bertz CT molecular complexity index is 595. The zero-order valence-electron chi connectivity index (χ0n) is 15.7. The fraction of sp³-hybridized carbons (Fsp3) is 0.579. The SMILES string of the molecule is CC(C)c1ccccc1NC(=O)CN1CCCC(C(=O)NCCN)C1.Cl. The molecule has 0 aromatic heterocycles. The second-order valence-electron chi connectivity index (χ2n) is 6.94. The Morgan fingerprint density at radius 1 is 1.31 bits per heavy atom. The lowest BCUT2D eigenvalue weighted by Gasteiger charge is -2.31. The number of hydrogen-bond acceptors (Lipinski definition) is 4. The Hall–Kier alpha value is -1.63. The second-order valence-corrected chi connectivity index (χ2v) is 6.94. The molecule has 0 bridgehead atoms. The number of likely N-dealkylation sites (tertiary alicyclic amines) is 1. The van der Waals surface area contributed by atoms with E-state index in [-0.39, 0.29) is 30.1 Å². The molecule has 1 saturated heterocycles. The molecule has 0 spiro atoms. The number of halogens is 1. The minimum Gasteiger partial charge on any atom is -0.355 e. The lowest BCUT2D eigenvalue weighted by Crippen LogP contribution is -2.46. The van der Waals surface area contributed by atoms with E-state index in [1.807, 2.05) is 24.3 Å². The van der Waals surface area contributed by atoms with Crippen LogP contribution in [0.1, 0.15) is 38.2 Å². The molecule has 26 heavy (non-hydrogen) atoms. The Morgan fingerprint density at radius 3 is 2.73 bits per heavy atom. The molecular weight excluding hydrogens is 352 g/mol. The fourth-order valence-electron chi connectivity index (χ4n) is 3.26. The molecule has 1 unspecified atom stereocenters. The Labute approximate surface area is 162 Å². The summed E-state index contributed by atoms with van der Waals surface area (Å²) in [5.41, 5.74) is 7.43. The molecule has 1 aliphatic rings. The number of carbonyl (C=O) groups excluding carboxylic acids is 2. The standard InChI is InChI=1S/C19H30N4O2.ClH/c1-14(2)16-7-3-4-8-17(16)22-18(24)13-23-11-5-6-15(12-23)19(25)21-10-9-20;/h3-4,7-8,14-15H,5-6,9-13,20H2,1-2H3,(H,21,25)(H,22,24);1H. The number of nitrogens with two attached hydrogens (primary N) is 1. The molecule has 1 aromatic carbocycles. The Morgan fingerprint density at radius 2 is 2.04 bits per heavy atom. The van der Waals surface area contributed by atoms with Crippen LogP contribution in [0.25, 0.3) is 0 Å². The Balaban J connectivity index is 0.00000338. The summed E-state index contributed by atoms with van der Waals surface area (Å²) in [6.07, 6.45) is 1.79. The first-order valence-electron chi connectivity index (χ1n) is 9.10. The van der Waals surface area contributed by atoms with Crippen LogP contribution in [0.2, 0.25) is 0 Å². The van der Waals surface area contributed by atoms with E-state index in [9.17, 15) is 9.59 Å². The number of hydrogen-bond donors (Lipinski definition) is 3. The summed E-state index contributed by atoms with van der Waals surface area (Å²) < 4.78 is 0. The highest BCUT2D eigenvalue weighted by atomic mass is 35.5. The minimum atomic E-state index is -0.0592. The predicted octanol–water partition coefficient (Wildman–Crippen LogP) is 1.96. The molecule has 1 heterocycles. The molecule has 2 rings (SSSR count). The first-order chi connectivity index (χ1) is 12.0. The van der Waals surface area contributed by atoms with Crippen LogP contribution in [0.5, 0.6) is 0 Å². The number of amides is 2. The summed E-state index contributed by atoms with van der Waals surface area (Å²) in [6.45, 7) is 6.95. The minimum absolute atomic E-state index is 0. The lowest BCUT2D eigenvalue weighted by atomic mass is 9.97. The smallest absolute Gasteiger partial charge is 0.238 e. The maximum atomic E-state index is 12.4. The molecule has 0 saturated carbocycles. The van der Waals surface area contributed by atoms with Crippen LogP contribution >= 0.6 is 12.4 Å². The second kappa shape index (κ2) is 11.2.